The van der Waals surface area contributed by atoms with Crippen molar-refractivity contribution in [1.29, 1.82) is 0 Å². The van der Waals surface area contributed by atoms with Crippen LogP contribution in [0.15, 0.2) is 30.9 Å². The molecular formula is C20H26N4O3. The highest BCUT2D eigenvalue weighted by atomic mass is 16.7. The number of ether oxygens (including phenoxy) is 2. The lowest BCUT2D eigenvalue weighted by molar-refractivity contribution is -0.121. The third-order valence-electron chi connectivity index (χ3n) is 5.68. The van der Waals surface area contributed by atoms with Crippen molar-refractivity contribution in [3.8, 4) is 11.5 Å². The average Bonchev–Trinajstić information content (AvgIpc) is 3.38. The first kappa shape index (κ1) is 17.8. The smallest absolute Gasteiger partial charge is 0.231 e. The molecule has 1 amide bonds. The van der Waals surface area contributed by atoms with E-state index < -0.39 is 0 Å². The minimum Gasteiger partial charge on any atom is -0.454 e. The predicted octanol–water partition coefficient (Wildman–Crippen LogP) is 2.81. The van der Waals surface area contributed by atoms with E-state index in [0.717, 1.165) is 30.8 Å². The molecule has 4 rings (SSSR count). The molecule has 2 aromatic rings. The third-order valence-corrected chi connectivity index (χ3v) is 5.68. The lowest BCUT2D eigenvalue weighted by Gasteiger charge is -2.38. The number of rotatable bonds is 7. The van der Waals surface area contributed by atoms with Gasteiger partial charge in [-0.25, -0.2) is 4.98 Å². The lowest BCUT2D eigenvalue weighted by Crippen LogP contribution is -2.42. The SMILES string of the molecule is O=C(CCCn1cncn1)NCC1(c2ccc3c(c2)OCO3)CCCCC1. The van der Waals surface area contributed by atoms with Gasteiger partial charge in [0.1, 0.15) is 12.7 Å². The molecule has 7 heteroatoms. The first-order chi connectivity index (χ1) is 13.3. The largest absolute Gasteiger partial charge is 0.454 e. The Labute approximate surface area is 159 Å². The fraction of sp³-hybridized carbons (Fsp3) is 0.550. The fourth-order valence-electron chi connectivity index (χ4n) is 4.13. The van der Waals surface area contributed by atoms with Gasteiger partial charge in [-0.15, -0.1) is 0 Å². The second-order valence-corrected chi connectivity index (χ2v) is 7.45. The van der Waals surface area contributed by atoms with E-state index in [1.54, 1.807) is 11.0 Å². The van der Waals surface area contributed by atoms with Gasteiger partial charge in [0, 0.05) is 24.9 Å². The maximum absolute atomic E-state index is 12.4. The molecule has 0 radical (unpaired) electrons. The summed E-state index contributed by atoms with van der Waals surface area (Å²) in [7, 11) is 0. The van der Waals surface area contributed by atoms with E-state index in [9.17, 15) is 4.79 Å². The first-order valence-electron chi connectivity index (χ1n) is 9.74. The zero-order valence-electron chi connectivity index (χ0n) is 15.5. The van der Waals surface area contributed by atoms with Crippen molar-refractivity contribution in [2.75, 3.05) is 13.3 Å². The first-order valence-corrected chi connectivity index (χ1v) is 9.74. The van der Waals surface area contributed by atoms with Crippen LogP contribution in [-0.4, -0.2) is 34.0 Å². The summed E-state index contributed by atoms with van der Waals surface area (Å²) < 4.78 is 12.8. The van der Waals surface area contributed by atoms with Crippen molar-refractivity contribution in [2.45, 2.75) is 56.9 Å². The fourth-order valence-corrected chi connectivity index (χ4v) is 4.13. The second-order valence-electron chi connectivity index (χ2n) is 7.45. The van der Waals surface area contributed by atoms with E-state index in [4.69, 9.17) is 9.47 Å². The number of carbonyl (C=O) groups excluding carboxylic acids is 1. The van der Waals surface area contributed by atoms with Crippen LogP contribution in [0.5, 0.6) is 11.5 Å². The topological polar surface area (TPSA) is 78.3 Å². The number of amides is 1. The highest BCUT2D eigenvalue weighted by Gasteiger charge is 2.35. The van der Waals surface area contributed by atoms with Gasteiger partial charge in [-0.3, -0.25) is 9.48 Å². The van der Waals surface area contributed by atoms with E-state index in [1.807, 2.05) is 6.07 Å². The molecule has 2 heterocycles. The number of hydrogen-bond donors (Lipinski definition) is 1. The lowest BCUT2D eigenvalue weighted by atomic mass is 9.69. The Hall–Kier alpha value is -2.57. The Kier molecular flexibility index (Phi) is 5.27. The zero-order chi connectivity index (χ0) is 18.5. The van der Waals surface area contributed by atoms with Crippen LogP contribution < -0.4 is 14.8 Å². The summed E-state index contributed by atoms with van der Waals surface area (Å²) in [4.78, 5) is 16.3. The summed E-state index contributed by atoms with van der Waals surface area (Å²) in [6.07, 6.45) is 10.3. The summed E-state index contributed by atoms with van der Waals surface area (Å²) in [6, 6.07) is 6.23. The van der Waals surface area contributed by atoms with Crippen LogP contribution in [-0.2, 0) is 16.8 Å². The number of hydrogen-bond acceptors (Lipinski definition) is 5. The Bertz CT molecular complexity index is 770. The Morgan fingerprint density at radius 1 is 1.19 bits per heavy atom. The van der Waals surface area contributed by atoms with Gasteiger partial charge in [0.2, 0.25) is 12.7 Å². The van der Waals surface area contributed by atoms with Crippen molar-refractivity contribution < 1.29 is 14.3 Å². The molecule has 2 aliphatic rings. The van der Waals surface area contributed by atoms with Crippen LogP contribution in [0, 0.1) is 0 Å². The molecule has 7 nitrogen and oxygen atoms in total. The standard InChI is InChI=1S/C20H26N4O3/c25-19(5-4-10-24-14-21-13-23-24)22-12-20(8-2-1-3-9-20)16-6-7-17-18(11-16)27-15-26-17/h6-7,11,13-14H,1-5,8-10,12,15H2,(H,22,25). The van der Waals surface area contributed by atoms with Gasteiger partial charge in [-0.1, -0.05) is 25.3 Å². The van der Waals surface area contributed by atoms with Crippen molar-refractivity contribution in [1.82, 2.24) is 20.1 Å². The van der Waals surface area contributed by atoms with E-state index in [-0.39, 0.29) is 18.1 Å². The van der Waals surface area contributed by atoms with Crippen LogP contribution in [0.2, 0.25) is 0 Å². The molecule has 0 saturated heterocycles. The molecule has 1 saturated carbocycles. The van der Waals surface area contributed by atoms with Crippen molar-refractivity contribution in [3.05, 3.63) is 36.4 Å². The molecule has 144 valence electrons. The quantitative estimate of drug-likeness (QED) is 0.811. The molecule has 0 bridgehead atoms. The number of aromatic nitrogens is 3. The number of nitrogens with one attached hydrogen (secondary N) is 1. The minimum atomic E-state index is -0.0131. The molecule has 0 unspecified atom stereocenters. The van der Waals surface area contributed by atoms with Crippen LogP contribution in [0.25, 0.3) is 0 Å². The van der Waals surface area contributed by atoms with Gasteiger partial charge in [-0.2, -0.15) is 5.10 Å². The van der Waals surface area contributed by atoms with Gasteiger partial charge in [0.15, 0.2) is 11.5 Å². The number of aryl methyl sites for hydroxylation is 1. The normalized spacial score (nSPS) is 17.6. The molecule has 1 fully saturated rings. The van der Waals surface area contributed by atoms with E-state index >= 15 is 0 Å². The Morgan fingerprint density at radius 3 is 2.85 bits per heavy atom. The molecule has 0 atom stereocenters. The van der Waals surface area contributed by atoms with E-state index in [0.29, 0.717) is 19.5 Å². The second kappa shape index (κ2) is 7.98. The third kappa shape index (κ3) is 4.07. The van der Waals surface area contributed by atoms with Crippen LogP contribution in [0.1, 0.15) is 50.5 Å². The number of benzene rings is 1. The maximum Gasteiger partial charge on any atom is 0.231 e. The van der Waals surface area contributed by atoms with Gasteiger partial charge in [0.25, 0.3) is 0 Å². The van der Waals surface area contributed by atoms with E-state index in [2.05, 4.69) is 27.5 Å². The molecule has 1 aliphatic carbocycles. The van der Waals surface area contributed by atoms with Crippen molar-refractivity contribution in [2.24, 2.45) is 0 Å². The summed E-state index contributed by atoms with van der Waals surface area (Å²) in [5.74, 6) is 1.72. The van der Waals surface area contributed by atoms with Gasteiger partial charge >= 0.3 is 0 Å². The summed E-state index contributed by atoms with van der Waals surface area (Å²) in [6.45, 7) is 1.67. The molecule has 1 aromatic carbocycles. The molecule has 0 spiro atoms. The number of carbonyl (C=O) groups is 1. The average molecular weight is 370 g/mol. The molecule has 1 N–H and O–H groups in total. The highest BCUT2D eigenvalue weighted by Crippen LogP contribution is 2.43. The van der Waals surface area contributed by atoms with Crippen LogP contribution >= 0.6 is 0 Å². The zero-order valence-corrected chi connectivity index (χ0v) is 15.5. The van der Waals surface area contributed by atoms with Crippen molar-refractivity contribution in [3.63, 3.8) is 0 Å². The number of nitrogens with zero attached hydrogens (tertiary/aromatic N) is 3. The minimum absolute atomic E-state index is 0.0131. The molecular weight excluding hydrogens is 344 g/mol. The van der Waals surface area contributed by atoms with E-state index in [1.165, 1.54) is 31.2 Å². The van der Waals surface area contributed by atoms with Crippen molar-refractivity contribution >= 4 is 5.91 Å². The monoisotopic (exact) mass is 370 g/mol. The molecule has 1 aromatic heterocycles. The van der Waals surface area contributed by atoms with Gasteiger partial charge < -0.3 is 14.8 Å². The molecule has 27 heavy (non-hydrogen) atoms. The van der Waals surface area contributed by atoms with Gasteiger partial charge in [-0.05, 0) is 37.0 Å². The van der Waals surface area contributed by atoms with Gasteiger partial charge in [0.05, 0.1) is 0 Å². The summed E-state index contributed by atoms with van der Waals surface area (Å²) >= 11 is 0. The predicted molar refractivity (Wildman–Crippen MR) is 99.6 cm³/mol. The Morgan fingerprint density at radius 2 is 2.04 bits per heavy atom. The Balaban J connectivity index is 1.37. The maximum atomic E-state index is 12.4. The van der Waals surface area contributed by atoms with Crippen LogP contribution in [0.4, 0.5) is 0 Å². The number of fused-ring (bicyclic) bond motifs is 1. The summed E-state index contributed by atoms with van der Waals surface area (Å²) in [5.41, 5.74) is 1.23. The van der Waals surface area contributed by atoms with Crippen LogP contribution in [0.3, 0.4) is 0 Å². The molecule has 1 aliphatic heterocycles. The highest BCUT2D eigenvalue weighted by molar-refractivity contribution is 5.76. The summed E-state index contributed by atoms with van der Waals surface area (Å²) in [5, 5.41) is 7.25.